The van der Waals surface area contributed by atoms with Gasteiger partial charge in [-0.1, -0.05) is 41.7 Å². The number of imidazole rings is 1. The van der Waals surface area contributed by atoms with Crippen molar-refractivity contribution in [2.75, 3.05) is 7.11 Å². The fourth-order valence-corrected chi connectivity index (χ4v) is 3.53. The van der Waals surface area contributed by atoms with Crippen molar-refractivity contribution in [3.05, 3.63) is 64.9 Å². The smallest absolute Gasteiger partial charge is 0.253 e. The van der Waals surface area contributed by atoms with Crippen LogP contribution in [0.2, 0.25) is 0 Å². The lowest BCUT2D eigenvalue weighted by Gasteiger charge is -2.07. The molecule has 3 heterocycles. The molecule has 7 nitrogen and oxygen atoms in total. The number of amides is 1. The summed E-state index contributed by atoms with van der Waals surface area (Å²) in [6.07, 6.45) is 1.49. The molecule has 4 aromatic rings. The van der Waals surface area contributed by atoms with Crippen molar-refractivity contribution in [3.63, 3.8) is 0 Å². The lowest BCUT2D eigenvalue weighted by molar-refractivity contribution is 0.0950. The summed E-state index contributed by atoms with van der Waals surface area (Å²) in [6, 6.07) is 13.2. The normalized spacial score (nSPS) is 10.9. The van der Waals surface area contributed by atoms with Crippen molar-refractivity contribution >= 4 is 22.2 Å². The molecule has 136 valence electrons. The number of aromatic nitrogens is 4. The Balaban J connectivity index is 1.63. The highest BCUT2D eigenvalue weighted by molar-refractivity contribution is 7.16. The number of carbonyl (C=O) groups is 1. The quantitative estimate of drug-likeness (QED) is 0.576. The van der Waals surface area contributed by atoms with Crippen LogP contribution in [-0.2, 0) is 6.54 Å². The van der Waals surface area contributed by atoms with Gasteiger partial charge in [-0.15, -0.1) is 0 Å². The van der Waals surface area contributed by atoms with E-state index in [-0.39, 0.29) is 5.91 Å². The molecule has 0 unspecified atom stereocenters. The third-order valence-corrected chi connectivity index (χ3v) is 4.89. The first-order chi connectivity index (χ1) is 13.2. The van der Waals surface area contributed by atoms with E-state index in [1.165, 1.54) is 24.6 Å². The standard InChI is InChI=1S/C19H17N5O2S/c1-12-23-24-15(11-21-18(25)14-8-9-16(26-2)20-10-14)17(22-19(24)27-12)13-6-4-3-5-7-13/h3-10H,11H2,1-2H3,(H,21,25). The van der Waals surface area contributed by atoms with Crippen LogP contribution in [0.15, 0.2) is 48.7 Å². The molecule has 1 aromatic carbocycles. The van der Waals surface area contributed by atoms with Gasteiger partial charge >= 0.3 is 0 Å². The molecule has 0 aliphatic rings. The summed E-state index contributed by atoms with van der Waals surface area (Å²) >= 11 is 1.52. The summed E-state index contributed by atoms with van der Waals surface area (Å²) in [5.41, 5.74) is 3.12. The van der Waals surface area contributed by atoms with Gasteiger partial charge in [-0.25, -0.2) is 14.5 Å². The molecule has 3 aromatic heterocycles. The fraction of sp³-hybridized carbons (Fsp3) is 0.158. The topological polar surface area (TPSA) is 81.4 Å². The van der Waals surface area contributed by atoms with Gasteiger partial charge in [-0.2, -0.15) is 5.10 Å². The van der Waals surface area contributed by atoms with Crippen molar-refractivity contribution in [1.29, 1.82) is 0 Å². The van der Waals surface area contributed by atoms with Gasteiger partial charge in [0, 0.05) is 17.8 Å². The molecule has 0 saturated carbocycles. The van der Waals surface area contributed by atoms with Crippen LogP contribution in [0.4, 0.5) is 0 Å². The summed E-state index contributed by atoms with van der Waals surface area (Å²) in [7, 11) is 1.54. The molecule has 0 spiro atoms. The molecular weight excluding hydrogens is 362 g/mol. The molecule has 1 N–H and O–H groups in total. The second-order valence-corrected chi connectivity index (χ2v) is 7.02. The van der Waals surface area contributed by atoms with Crippen LogP contribution >= 0.6 is 11.3 Å². The zero-order valence-electron chi connectivity index (χ0n) is 14.8. The number of fused-ring (bicyclic) bond motifs is 1. The van der Waals surface area contributed by atoms with E-state index in [9.17, 15) is 4.79 Å². The molecule has 0 aliphatic heterocycles. The number of carbonyl (C=O) groups excluding carboxylic acids is 1. The van der Waals surface area contributed by atoms with Crippen LogP contribution in [0.25, 0.3) is 16.2 Å². The van der Waals surface area contributed by atoms with E-state index in [0.717, 1.165) is 26.9 Å². The van der Waals surface area contributed by atoms with Gasteiger partial charge in [0.1, 0.15) is 5.01 Å². The van der Waals surface area contributed by atoms with Crippen LogP contribution in [-0.4, -0.2) is 32.6 Å². The molecule has 0 radical (unpaired) electrons. The number of benzene rings is 1. The minimum atomic E-state index is -0.217. The Kier molecular flexibility index (Phi) is 4.55. The van der Waals surface area contributed by atoms with E-state index in [4.69, 9.17) is 9.72 Å². The van der Waals surface area contributed by atoms with Crippen LogP contribution in [0.5, 0.6) is 5.88 Å². The Hall–Kier alpha value is -3.26. The molecule has 0 saturated heterocycles. The highest BCUT2D eigenvalue weighted by atomic mass is 32.1. The van der Waals surface area contributed by atoms with E-state index in [2.05, 4.69) is 15.4 Å². The number of aryl methyl sites for hydroxylation is 1. The van der Waals surface area contributed by atoms with Crippen LogP contribution in [0.1, 0.15) is 21.1 Å². The first kappa shape index (κ1) is 17.2. The summed E-state index contributed by atoms with van der Waals surface area (Å²) in [4.78, 5) is 22.1. The molecule has 0 bridgehead atoms. The number of nitrogens with one attached hydrogen (secondary N) is 1. The largest absolute Gasteiger partial charge is 0.481 e. The second kappa shape index (κ2) is 7.16. The van der Waals surface area contributed by atoms with Crippen molar-refractivity contribution in [2.45, 2.75) is 13.5 Å². The van der Waals surface area contributed by atoms with E-state index < -0.39 is 0 Å². The lowest BCUT2D eigenvalue weighted by atomic mass is 10.1. The highest BCUT2D eigenvalue weighted by Gasteiger charge is 2.18. The number of nitrogens with zero attached hydrogens (tertiary/aromatic N) is 4. The van der Waals surface area contributed by atoms with Crippen LogP contribution in [0.3, 0.4) is 0 Å². The Morgan fingerprint density at radius 2 is 2.04 bits per heavy atom. The number of hydrogen-bond acceptors (Lipinski definition) is 6. The maximum atomic E-state index is 12.5. The molecule has 0 fully saturated rings. The molecule has 8 heteroatoms. The van der Waals surface area contributed by atoms with Gasteiger partial charge in [0.2, 0.25) is 10.8 Å². The van der Waals surface area contributed by atoms with Gasteiger partial charge < -0.3 is 10.1 Å². The van der Waals surface area contributed by atoms with Crippen LogP contribution < -0.4 is 10.1 Å². The predicted octanol–water partition coefficient (Wildman–Crippen LogP) is 3.10. The first-order valence-corrected chi connectivity index (χ1v) is 9.16. The van der Waals surface area contributed by atoms with Gasteiger partial charge in [0.25, 0.3) is 5.91 Å². The molecular formula is C19H17N5O2S. The molecule has 1 amide bonds. The SMILES string of the molecule is COc1ccc(C(=O)NCc2c(-c3ccccc3)nc3sc(C)nn23)cn1. The maximum absolute atomic E-state index is 12.5. The average Bonchev–Trinajstić information content (AvgIpc) is 3.23. The zero-order chi connectivity index (χ0) is 18.8. The Morgan fingerprint density at radius 1 is 1.22 bits per heavy atom. The van der Waals surface area contributed by atoms with E-state index in [1.807, 2.05) is 37.3 Å². The van der Waals surface area contributed by atoms with Crippen molar-refractivity contribution in [3.8, 4) is 17.1 Å². The summed E-state index contributed by atoms with van der Waals surface area (Å²) in [5.74, 6) is 0.249. The van der Waals surface area contributed by atoms with Gasteiger partial charge in [0.15, 0.2) is 0 Å². The number of methoxy groups -OCH3 is 1. The van der Waals surface area contributed by atoms with Crippen molar-refractivity contribution in [2.24, 2.45) is 0 Å². The van der Waals surface area contributed by atoms with E-state index >= 15 is 0 Å². The van der Waals surface area contributed by atoms with Crippen molar-refractivity contribution < 1.29 is 9.53 Å². The molecule has 0 aliphatic carbocycles. The lowest BCUT2D eigenvalue weighted by Crippen LogP contribution is -2.24. The van der Waals surface area contributed by atoms with Crippen molar-refractivity contribution in [1.82, 2.24) is 24.9 Å². The number of pyridine rings is 1. The summed E-state index contributed by atoms with van der Waals surface area (Å²) in [5, 5.41) is 8.38. The predicted molar refractivity (Wildman–Crippen MR) is 103 cm³/mol. The average molecular weight is 379 g/mol. The fourth-order valence-electron chi connectivity index (χ4n) is 2.77. The second-order valence-electron chi connectivity index (χ2n) is 5.86. The minimum Gasteiger partial charge on any atom is -0.481 e. The molecule has 4 rings (SSSR count). The number of hydrogen-bond donors (Lipinski definition) is 1. The van der Waals surface area contributed by atoms with E-state index in [1.54, 1.807) is 16.6 Å². The Morgan fingerprint density at radius 3 is 2.74 bits per heavy atom. The van der Waals surface area contributed by atoms with Gasteiger partial charge in [-0.05, 0) is 13.0 Å². The zero-order valence-corrected chi connectivity index (χ0v) is 15.7. The van der Waals surface area contributed by atoms with Gasteiger partial charge in [-0.3, -0.25) is 4.79 Å². The number of rotatable bonds is 5. The number of ether oxygens (including phenoxy) is 1. The summed E-state index contributed by atoms with van der Waals surface area (Å²) in [6.45, 7) is 2.24. The van der Waals surface area contributed by atoms with Gasteiger partial charge in [0.05, 0.1) is 30.6 Å². The Labute approximate surface area is 159 Å². The van der Waals surface area contributed by atoms with Crippen LogP contribution in [0, 0.1) is 6.92 Å². The summed E-state index contributed by atoms with van der Waals surface area (Å²) < 4.78 is 6.82. The highest BCUT2D eigenvalue weighted by Crippen LogP contribution is 2.26. The van der Waals surface area contributed by atoms with E-state index in [0.29, 0.717) is 18.0 Å². The minimum absolute atomic E-state index is 0.217. The molecule has 27 heavy (non-hydrogen) atoms. The third kappa shape index (κ3) is 3.39. The first-order valence-electron chi connectivity index (χ1n) is 8.34. The Bertz CT molecular complexity index is 1090. The third-order valence-electron chi connectivity index (χ3n) is 4.07. The monoisotopic (exact) mass is 379 g/mol. The molecule has 0 atom stereocenters. The maximum Gasteiger partial charge on any atom is 0.253 e.